The number of benzene rings is 1. The van der Waals surface area contributed by atoms with E-state index in [9.17, 15) is 4.39 Å². The van der Waals surface area contributed by atoms with Gasteiger partial charge in [0.1, 0.15) is 5.82 Å². The van der Waals surface area contributed by atoms with Crippen molar-refractivity contribution in [2.45, 2.75) is 38.8 Å². The average molecular weight is 293 g/mol. The maximum Gasteiger partial charge on any atom is 0.130 e. The van der Waals surface area contributed by atoms with Crippen LogP contribution in [0.15, 0.2) is 18.2 Å². The molecule has 0 aliphatic carbocycles. The Kier molecular flexibility index (Phi) is 5.59. The first kappa shape index (κ1) is 16.2. The molecule has 1 N–H and O–H groups in total. The molecule has 0 saturated carbocycles. The van der Waals surface area contributed by atoms with Crippen LogP contribution in [0.2, 0.25) is 0 Å². The summed E-state index contributed by atoms with van der Waals surface area (Å²) in [6.45, 7) is 7.13. The lowest BCUT2D eigenvalue weighted by Crippen LogP contribution is -2.45. The fraction of sp³-hybridized carbons (Fsp3) is 0.647. The van der Waals surface area contributed by atoms with Crippen molar-refractivity contribution in [3.8, 4) is 0 Å². The quantitative estimate of drug-likeness (QED) is 0.900. The van der Waals surface area contributed by atoms with Crippen molar-refractivity contribution in [2.24, 2.45) is 0 Å². The van der Waals surface area contributed by atoms with Gasteiger partial charge in [-0.1, -0.05) is 13.0 Å². The number of piperidine rings is 1. The van der Waals surface area contributed by atoms with Crippen molar-refractivity contribution in [1.82, 2.24) is 10.2 Å². The lowest BCUT2D eigenvalue weighted by atomic mass is 10.00. The molecule has 0 amide bonds. The Labute approximate surface area is 128 Å². The van der Waals surface area contributed by atoms with E-state index in [1.807, 2.05) is 19.1 Å². The molecule has 2 rings (SSSR count). The van der Waals surface area contributed by atoms with E-state index in [2.05, 4.69) is 36.1 Å². The standard InChI is InChI=1S/C17H28FN3/c1-5-19-13(2)17-15(18)9-6-10-16(17)21(4)14-8-7-11-20(3)12-14/h6,9-10,13-14,19H,5,7-8,11-12H2,1-4H3. The number of hydrogen-bond acceptors (Lipinski definition) is 3. The van der Waals surface area contributed by atoms with Gasteiger partial charge in [0.05, 0.1) is 0 Å². The van der Waals surface area contributed by atoms with Crippen LogP contribution in [-0.4, -0.2) is 44.7 Å². The Morgan fingerprint density at radius 3 is 2.90 bits per heavy atom. The van der Waals surface area contributed by atoms with E-state index in [1.54, 1.807) is 6.07 Å². The van der Waals surface area contributed by atoms with Crippen LogP contribution in [0.25, 0.3) is 0 Å². The molecule has 0 spiro atoms. The van der Waals surface area contributed by atoms with Gasteiger partial charge in [-0.05, 0) is 52.0 Å². The fourth-order valence-corrected chi connectivity index (χ4v) is 3.32. The highest BCUT2D eigenvalue weighted by molar-refractivity contribution is 5.56. The molecule has 0 radical (unpaired) electrons. The summed E-state index contributed by atoms with van der Waals surface area (Å²) in [5.74, 6) is -0.114. The maximum absolute atomic E-state index is 14.4. The van der Waals surface area contributed by atoms with Gasteiger partial charge in [0.25, 0.3) is 0 Å². The second kappa shape index (κ2) is 7.23. The zero-order valence-corrected chi connectivity index (χ0v) is 13.7. The fourth-order valence-electron chi connectivity index (χ4n) is 3.32. The number of likely N-dealkylation sites (N-methyl/N-ethyl adjacent to an activating group) is 2. The van der Waals surface area contributed by atoms with Crippen LogP contribution in [0.4, 0.5) is 10.1 Å². The summed E-state index contributed by atoms with van der Waals surface area (Å²) in [6.07, 6.45) is 2.38. The first-order valence-electron chi connectivity index (χ1n) is 7.97. The molecule has 118 valence electrons. The molecule has 0 aromatic heterocycles. The summed E-state index contributed by atoms with van der Waals surface area (Å²) in [7, 11) is 4.26. The molecular formula is C17H28FN3. The number of halogens is 1. The highest BCUT2D eigenvalue weighted by Gasteiger charge is 2.25. The van der Waals surface area contributed by atoms with Crippen molar-refractivity contribution in [3.63, 3.8) is 0 Å². The summed E-state index contributed by atoms with van der Waals surface area (Å²) >= 11 is 0. The van der Waals surface area contributed by atoms with Crippen LogP contribution < -0.4 is 10.2 Å². The Morgan fingerprint density at radius 2 is 2.24 bits per heavy atom. The highest BCUT2D eigenvalue weighted by atomic mass is 19.1. The molecule has 4 heteroatoms. The van der Waals surface area contributed by atoms with Crippen LogP contribution in [-0.2, 0) is 0 Å². The molecule has 1 heterocycles. The number of anilines is 1. The van der Waals surface area contributed by atoms with Gasteiger partial charge in [-0.15, -0.1) is 0 Å². The number of rotatable bonds is 5. The van der Waals surface area contributed by atoms with Crippen molar-refractivity contribution < 1.29 is 4.39 Å². The summed E-state index contributed by atoms with van der Waals surface area (Å²) < 4.78 is 14.4. The van der Waals surface area contributed by atoms with E-state index in [0.29, 0.717) is 6.04 Å². The molecule has 21 heavy (non-hydrogen) atoms. The first-order chi connectivity index (χ1) is 10.0. The van der Waals surface area contributed by atoms with Gasteiger partial charge >= 0.3 is 0 Å². The SMILES string of the molecule is CCNC(C)c1c(F)cccc1N(C)C1CCCN(C)C1. The van der Waals surface area contributed by atoms with Crippen LogP contribution in [0.3, 0.4) is 0 Å². The van der Waals surface area contributed by atoms with Gasteiger partial charge < -0.3 is 15.1 Å². The number of nitrogens with one attached hydrogen (secondary N) is 1. The van der Waals surface area contributed by atoms with Gasteiger partial charge in [-0.3, -0.25) is 0 Å². The predicted octanol–water partition coefficient (Wildman–Crippen LogP) is 3.03. The minimum atomic E-state index is -0.114. The van der Waals surface area contributed by atoms with E-state index in [1.165, 1.54) is 12.8 Å². The van der Waals surface area contributed by atoms with Crippen LogP contribution in [0.5, 0.6) is 0 Å². The lowest BCUT2D eigenvalue weighted by molar-refractivity contribution is 0.247. The molecule has 1 aliphatic heterocycles. The zero-order chi connectivity index (χ0) is 15.4. The smallest absolute Gasteiger partial charge is 0.130 e. The van der Waals surface area contributed by atoms with Gasteiger partial charge in [0, 0.05) is 36.9 Å². The molecule has 3 nitrogen and oxygen atoms in total. The monoisotopic (exact) mass is 293 g/mol. The maximum atomic E-state index is 14.4. The van der Waals surface area contributed by atoms with Crippen LogP contribution >= 0.6 is 0 Å². The van der Waals surface area contributed by atoms with Gasteiger partial charge in [0.2, 0.25) is 0 Å². The summed E-state index contributed by atoms with van der Waals surface area (Å²) in [6, 6.07) is 5.90. The van der Waals surface area contributed by atoms with Gasteiger partial charge in [-0.25, -0.2) is 4.39 Å². The molecule has 1 fully saturated rings. The van der Waals surface area contributed by atoms with Crippen LogP contribution in [0, 0.1) is 5.82 Å². The summed E-state index contributed by atoms with van der Waals surface area (Å²) in [4.78, 5) is 4.62. The molecule has 2 unspecified atom stereocenters. The minimum absolute atomic E-state index is 0.0231. The minimum Gasteiger partial charge on any atom is -0.370 e. The second-order valence-corrected chi connectivity index (χ2v) is 6.12. The normalized spacial score (nSPS) is 21.3. The molecule has 1 aromatic rings. The van der Waals surface area contributed by atoms with Crippen molar-refractivity contribution in [3.05, 3.63) is 29.6 Å². The van der Waals surface area contributed by atoms with Crippen molar-refractivity contribution in [2.75, 3.05) is 38.6 Å². The number of likely N-dealkylation sites (tertiary alicyclic amines) is 1. The van der Waals surface area contributed by atoms with Crippen molar-refractivity contribution in [1.29, 1.82) is 0 Å². The van der Waals surface area contributed by atoms with Crippen molar-refractivity contribution >= 4 is 5.69 Å². The molecule has 1 saturated heterocycles. The average Bonchev–Trinajstić information content (AvgIpc) is 2.46. The third-order valence-corrected chi connectivity index (χ3v) is 4.50. The van der Waals surface area contributed by atoms with Gasteiger partial charge in [-0.2, -0.15) is 0 Å². The van der Waals surface area contributed by atoms with E-state index in [4.69, 9.17) is 0 Å². The molecule has 1 aromatic carbocycles. The van der Waals surface area contributed by atoms with Crippen LogP contribution in [0.1, 0.15) is 38.3 Å². The largest absolute Gasteiger partial charge is 0.370 e. The molecule has 0 bridgehead atoms. The first-order valence-corrected chi connectivity index (χ1v) is 7.97. The highest BCUT2D eigenvalue weighted by Crippen LogP contribution is 2.31. The van der Waals surface area contributed by atoms with E-state index in [-0.39, 0.29) is 11.9 Å². The molecular weight excluding hydrogens is 265 g/mol. The van der Waals surface area contributed by atoms with E-state index in [0.717, 1.165) is 30.9 Å². The third-order valence-electron chi connectivity index (χ3n) is 4.50. The number of nitrogens with zero attached hydrogens (tertiary/aromatic N) is 2. The molecule has 2 atom stereocenters. The number of hydrogen-bond donors (Lipinski definition) is 1. The van der Waals surface area contributed by atoms with E-state index < -0.39 is 0 Å². The van der Waals surface area contributed by atoms with E-state index >= 15 is 0 Å². The predicted molar refractivity (Wildman–Crippen MR) is 87.4 cm³/mol. The Hall–Kier alpha value is -1.13. The summed E-state index contributed by atoms with van der Waals surface area (Å²) in [5, 5.41) is 3.33. The van der Waals surface area contributed by atoms with Gasteiger partial charge in [0.15, 0.2) is 0 Å². The summed E-state index contributed by atoms with van der Waals surface area (Å²) in [5.41, 5.74) is 1.80. The Morgan fingerprint density at radius 1 is 1.48 bits per heavy atom. The Bertz CT molecular complexity index is 463. The Balaban J connectivity index is 2.27. The molecule has 1 aliphatic rings. The third kappa shape index (κ3) is 3.74. The lowest BCUT2D eigenvalue weighted by Gasteiger charge is -2.38. The second-order valence-electron chi connectivity index (χ2n) is 6.12. The topological polar surface area (TPSA) is 18.5 Å². The zero-order valence-electron chi connectivity index (χ0n) is 13.7.